The Morgan fingerprint density at radius 3 is 2.52 bits per heavy atom. The lowest BCUT2D eigenvalue weighted by atomic mass is 10.0. The molecule has 3 rings (SSSR count). The summed E-state index contributed by atoms with van der Waals surface area (Å²) in [6, 6.07) is 2.54. The van der Waals surface area contributed by atoms with E-state index in [1.807, 2.05) is 0 Å². The molecule has 0 aliphatic heterocycles. The van der Waals surface area contributed by atoms with Crippen LogP contribution in [0.4, 0.5) is 24.7 Å². The number of aromatic amines is 1. The van der Waals surface area contributed by atoms with Crippen LogP contribution >= 0.6 is 0 Å². The van der Waals surface area contributed by atoms with Crippen LogP contribution in [-0.4, -0.2) is 19.7 Å². The first kappa shape index (κ1) is 20.0. The van der Waals surface area contributed by atoms with Crippen molar-refractivity contribution in [2.75, 3.05) is 5.32 Å². The smallest absolute Gasteiger partial charge is 0.362 e. The number of aryl methyl sites for hydroxylation is 1. The second kappa shape index (κ2) is 7.04. The Morgan fingerprint density at radius 2 is 1.90 bits per heavy atom. The lowest BCUT2D eigenvalue weighted by Crippen LogP contribution is -2.23. The van der Waals surface area contributed by atoms with Gasteiger partial charge >= 0.3 is 6.18 Å². The summed E-state index contributed by atoms with van der Waals surface area (Å²) in [5.41, 5.74) is -2.87. The maximum absolute atomic E-state index is 13.1. The van der Waals surface area contributed by atoms with E-state index in [1.54, 1.807) is 0 Å². The summed E-state index contributed by atoms with van der Waals surface area (Å²) in [6.07, 6.45) is -3.55. The number of nitrogens with zero attached hydrogens (tertiary/aromatic N) is 3. The second-order valence-corrected chi connectivity index (χ2v) is 6.34. The van der Waals surface area contributed by atoms with Crippen molar-refractivity contribution in [1.29, 1.82) is 0 Å². The number of nitrogens with one attached hydrogen (secondary N) is 2. The number of nitro benzene ring substituents is 1. The van der Waals surface area contributed by atoms with Crippen LogP contribution in [0, 0.1) is 10.1 Å². The number of benzene rings is 1. The molecule has 2 N–H and O–H groups in total. The van der Waals surface area contributed by atoms with E-state index in [0.717, 1.165) is 22.9 Å². The van der Waals surface area contributed by atoms with Crippen molar-refractivity contribution < 1.29 is 18.1 Å². The van der Waals surface area contributed by atoms with E-state index in [4.69, 9.17) is 0 Å². The number of halogens is 3. The maximum Gasteiger partial charge on any atom is 0.416 e. The molecule has 0 aliphatic carbocycles. The number of rotatable bonds is 4. The summed E-state index contributed by atoms with van der Waals surface area (Å²) in [4.78, 5) is 36.3. The van der Waals surface area contributed by atoms with Crippen molar-refractivity contribution in [1.82, 2.24) is 14.8 Å². The number of anilines is 1. The lowest BCUT2D eigenvalue weighted by Gasteiger charge is -2.18. The van der Waals surface area contributed by atoms with Gasteiger partial charge in [-0.1, -0.05) is 0 Å². The van der Waals surface area contributed by atoms with E-state index in [0.29, 0.717) is 6.07 Å². The fourth-order valence-electron chi connectivity index (χ4n) is 2.82. The molecule has 2 aromatic heterocycles. The first-order chi connectivity index (χ1) is 13.5. The monoisotopic (exact) mass is 409 g/mol. The van der Waals surface area contributed by atoms with Gasteiger partial charge in [0.05, 0.1) is 21.9 Å². The van der Waals surface area contributed by atoms with E-state index < -0.39 is 39.5 Å². The molecule has 152 valence electrons. The van der Waals surface area contributed by atoms with Crippen molar-refractivity contribution in [2.24, 2.45) is 7.05 Å². The maximum atomic E-state index is 13.1. The van der Waals surface area contributed by atoms with Crippen LogP contribution in [0.5, 0.6) is 0 Å². The molecule has 0 fully saturated rings. The molecular weight excluding hydrogens is 395 g/mol. The normalized spacial score (nSPS) is 12.7. The van der Waals surface area contributed by atoms with Gasteiger partial charge in [-0.3, -0.25) is 19.7 Å². The summed E-state index contributed by atoms with van der Waals surface area (Å²) in [5, 5.41) is 18.2. The number of alkyl halides is 3. The summed E-state index contributed by atoms with van der Waals surface area (Å²) in [5.74, 6) is 0.0702. The summed E-state index contributed by atoms with van der Waals surface area (Å²) in [6.45, 7) is 1.48. The standard InChI is InChI=1S/C17H14F3N5O4/c1-8(9-3-10(17(18,19)20)5-11(4-9)25(28)29)22-15-12-6-14(26)21-7-13(12)16(27)24(2)23-15/h3-8H,1-2H3,(H,21,26)(H,22,23)/t8-/m1/s1. The van der Waals surface area contributed by atoms with Gasteiger partial charge in [0, 0.05) is 36.8 Å². The van der Waals surface area contributed by atoms with Crippen LogP contribution in [0.3, 0.4) is 0 Å². The number of H-pyrrole nitrogens is 1. The third-order valence-electron chi connectivity index (χ3n) is 4.29. The molecule has 2 heterocycles. The molecule has 0 unspecified atom stereocenters. The highest BCUT2D eigenvalue weighted by Crippen LogP contribution is 2.34. The average Bonchev–Trinajstić information content (AvgIpc) is 2.64. The molecule has 1 atom stereocenters. The van der Waals surface area contributed by atoms with Gasteiger partial charge in [-0.2, -0.15) is 18.3 Å². The molecule has 0 spiro atoms. The SMILES string of the molecule is C[C@@H](Nc1nn(C)c(=O)c2c[nH]c(=O)cc12)c1cc([N+](=O)[O-])cc(C(F)(F)F)c1. The minimum absolute atomic E-state index is 0.0137. The Bertz CT molecular complexity index is 1230. The van der Waals surface area contributed by atoms with Crippen LogP contribution in [0.2, 0.25) is 0 Å². The number of hydrogen-bond donors (Lipinski definition) is 2. The molecule has 0 radical (unpaired) electrons. The van der Waals surface area contributed by atoms with E-state index in [9.17, 15) is 32.9 Å². The largest absolute Gasteiger partial charge is 0.416 e. The van der Waals surface area contributed by atoms with Crippen molar-refractivity contribution >= 4 is 22.3 Å². The molecule has 0 aliphatic rings. The van der Waals surface area contributed by atoms with E-state index >= 15 is 0 Å². The molecule has 9 nitrogen and oxygen atoms in total. The van der Waals surface area contributed by atoms with Crippen molar-refractivity contribution in [3.8, 4) is 0 Å². The van der Waals surface area contributed by atoms with Crippen LogP contribution in [-0.2, 0) is 13.2 Å². The molecule has 0 amide bonds. The van der Waals surface area contributed by atoms with E-state index in [2.05, 4.69) is 15.4 Å². The van der Waals surface area contributed by atoms with Gasteiger partial charge in [-0.25, -0.2) is 4.68 Å². The van der Waals surface area contributed by atoms with E-state index in [-0.39, 0.29) is 22.2 Å². The van der Waals surface area contributed by atoms with Crippen LogP contribution < -0.4 is 16.4 Å². The zero-order valence-electron chi connectivity index (χ0n) is 15.1. The van der Waals surface area contributed by atoms with Crippen molar-refractivity contribution in [3.05, 3.63) is 72.4 Å². The average molecular weight is 409 g/mol. The Morgan fingerprint density at radius 1 is 1.21 bits per heavy atom. The fraction of sp³-hybridized carbons (Fsp3) is 0.235. The number of nitro groups is 1. The highest BCUT2D eigenvalue weighted by Gasteiger charge is 2.33. The number of aromatic nitrogens is 3. The number of hydrogen-bond acceptors (Lipinski definition) is 6. The Hall–Kier alpha value is -3.70. The Kier molecular flexibility index (Phi) is 4.86. The molecule has 0 bridgehead atoms. The summed E-state index contributed by atoms with van der Waals surface area (Å²) in [7, 11) is 1.37. The van der Waals surface area contributed by atoms with Gasteiger partial charge in [-0.05, 0) is 18.6 Å². The van der Waals surface area contributed by atoms with Gasteiger partial charge < -0.3 is 10.3 Å². The molecule has 0 saturated carbocycles. The minimum atomic E-state index is -4.77. The number of pyridine rings is 1. The predicted octanol–water partition coefficient (Wildman–Crippen LogP) is 2.72. The van der Waals surface area contributed by atoms with Gasteiger partial charge in [0.25, 0.3) is 11.2 Å². The zero-order chi connectivity index (χ0) is 21.5. The highest BCUT2D eigenvalue weighted by atomic mass is 19.4. The first-order valence-corrected chi connectivity index (χ1v) is 8.20. The third kappa shape index (κ3) is 3.95. The molecule has 0 saturated heterocycles. The molecule has 12 heteroatoms. The second-order valence-electron chi connectivity index (χ2n) is 6.34. The fourth-order valence-corrected chi connectivity index (χ4v) is 2.82. The van der Waals surface area contributed by atoms with Crippen molar-refractivity contribution in [3.63, 3.8) is 0 Å². The lowest BCUT2D eigenvalue weighted by molar-refractivity contribution is -0.385. The van der Waals surface area contributed by atoms with Crippen LogP contribution in [0.25, 0.3) is 10.8 Å². The van der Waals surface area contributed by atoms with Gasteiger partial charge in [0.1, 0.15) is 0 Å². The van der Waals surface area contributed by atoms with Gasteiger partial charge in [0.15, 0.2) is 5.82 Å². The highest BCUT2D eigenvalue weighted by molar-refractivity contribution is 5.90. The topological polar surface area (TPSA) is 123 Å². The van der Waals surface area contributed by atoms with E-state index in [1.165, 1.54) is 20.2 Å². The Balaban J connectivity index is 2.11. The number of non-ortho nitro benzene ring substituents is 1. The third-order valence-corrected chi connectivity index (χ3v) is 4.29. The van der Waals surface area contributed by atoms with Gasteiger partial charge in [0.2, 0.25) is 5.56 Å². The summed E-state index contributed by atoms with van der Waals surface area (Å²) < 4.78 is 40.4. The molecule has 29 heavy (non-hydrogen) atoms. The minimum Gasteiger partial charge on any atom is -0.362 e. The summed E-state index contributed by atoms with van der Waals surface area (Å²) >= 11 is 0. The van der Waals surface area contributed by atoms with Crippen LogP contribution in [0.15, 0.2) is 40.1 Å². The quantitative estimate of drug-likeness (QED) is 0.505. The zero-order valence-corrected chi connectivity index (χ0v) is 15.1. The molecular formula is C17H14F3N5O4. The predicted molar refractivity (Wildman–Crippen MR) is 97.7 cm³/mol. The molecule has 3 aromatic rings. The Labute approximate surface area is 159 Å². The number of fused-ring (bicyclic) bond motifs is 1. The molecule has 1 aromatic carbocycles. The van der Waals surface area contributed by atoms with Crippen LogP contribution in [0.1, 0.15) is 24.1 Å². The van der Waals surface area contributed by atoms with Gasteiger partial charge in [-0.15, -0.1) is 0 Å². The first-order valence-electron chi connectivity index (χ1n) is 8.20. The van der Waals surface area contributed by atoms with Crippen molar-refractivity contribution in [2.45, 2.75) is 19.1 Å².